The number of nitrogens with zero attached hydrogens (tertiary/aromatic N) is 1. The Morgan fingerprint density at radius 3 is 2.36 bits per heavy atom. The van der Waals surface area contributed by atoms with E-state index in [2.05, 4.69) is 17.4 Å². The molecule has 166 valence electrons. The predicted octanol–water partition coefficient (Wildman–Crippen LogP) is 6.14. The molecule has 0 spiro atoms. The van der Waals surface area contributed by atoms with E-state index in [1.54, 1.807) is 17.0 Å². The van der Waals surface area contributed by atoms with Crippen molar-refractivity contribution >= 4 is 23.1 Å². The van der Waals surface area contributed by atoms with Crippen LogP contribution in [0.5, 0.6) is 0 Å². The third kappa shape index (κ3) is 3.84. The molecule has 1 aliphatic carbocycles. The van der Waals surface area contributed by atoms with Gasteiger partial charge >= 0.3 is 0 Å². The van der Waals surface area contributed by atoms with E-state index < -0.39 is 6.04 Å². The zero-order chi connectivity index (χ0) is 22.9. The summed E-state index contributed by atoms with van der Waals surface area (Å²) < 4.78 is 13.8. The number of hydrogen-bond donors (Lipinski definition) is 1. The van der Waals surface area contributed by atoms with Crippen molar-refractivity contribution in [2.75, 3.05) is 10.2 Å². The van der Waals surface area contributed by atoms with Crippen molar-refractivity contribution in [1.29, 1.82) is 0 Å². The molecular weight excluding hydrogens is 415 g/mol. The van der Waals surface area contributed by atoms with Crippen LogP contribution < -0.4 is 10.2 Å². The van der Waals surface area contributed by atoms with Gasteiger partial charge in [0.1, 0.15) is 5.82 Å². The Bertz CT molecular complexity index is 1230. The zero-order valence-corrected chi connectivity index (χ0v) is 18.4. The summed E-state index contributed by atoms with van der Waals surface area (Å²) in [6.07, 6.45) is 1.31. The highest BCUT2D eigenvalue weighted by atomic mass is 19.1. The Kier molecular flexibility index (Phi) is 5.55. The number of ketones is 1. The number of halogens is 1. The Balaban J connectivity index is 1.71. The largest absolute Gasteiger partial charge is 0.357 e. The molecule has 0 fully saturated rings. The van der Waals surface area contributed by atoms with Crippen LogP contribution >= 0.6 is 0 Å². The van der Waals surface area contributed by atoms with Gasteiger partial charge in [-0.25, -0.2) is 4.39 Å². The van der Waals surface area contributed by atoms with Crippen molar-refractivity contribution in [1.82, 2.24) is 0 Å². The Labute approximate surface area is 192 Å². The molecule has 1 heterocycles. The number of para-hydroxylation sites is 2. The minimum Gasteiger partial charge on any atom is -0.357 e. The van der Waals surface area contributed by atoms with Gasteiger partial charge in [0.05, 0.1) is 17.4 Å². The summed E-state index contributed by atoms with van der Waals surface area (Å²) in [7, 11) is 0. The number of anilines is 2. The average Bonchev–Trinajstić information content (AvgIpc) is 2.99. The number of nitrogens with one attached hydrogen (secondary N) is 1. The van der Waals surface area contributed by atoms with E-state index in [1.165, 1.54) is 12.1 Å². The standard InChI is InChI=1S/C28H25FN2O2/c1-2-26(33)31-24-11-7-6-10-22(24)30-23-16-20(18-8-4-3-5-9-18)17-25(32)27(23)28(31)19-12-14-21(29)15-13-19/h3-15,20,28,30H,2,16-17H2,1H3. The van der Waals surface area contributed by atoms with Crippen LogP contribution in [0.3, 0.4) is 0 Å². The molecule has 1 aliphatic heterocycles. The SMILES string of the molecule is CCC(=O)N1c2ccccc2NC2=C(C(=O)CC(c3ccccc3)C2)C1c1ccc(F)cc1. The van der Waals surface area contributed by atoms with Gasteiger partial charge in [-0.2, -0.15) is 0 Å². The number of fused-ring (bicyclic) bond motifs is 1. The fraction of sp³-hybridized carbons (Fsp3) is 0.214. The first-order chi connectivity index (χ1) is 16.1. The minimum atomic E-state index is -0.617. The monoisotopic (exact) mass is 440 g/mol. The average molecular weight is 441 g/mol. The van der Waals surface area contributed by atoms with Crippen molar-refractivity contribution in [2.24, 2.45) is 0 Å². The summed E-state index contributed by atoms with van der Waals surface area (Å²) in [5, 5.41) is 3.50. The molecule has 4 nitrogen and oxygen atoms in total. The van der Waals surface area contributed by atoms with Crippen molar-refractivity contribution < 1.29 is 14.0 Å². The first kappa shape index (κ1) is 21.1. The summed E-state index contributed by atoms with van der Waals surface area (Å²) in [5.74, 6) is -0.383. The molecule has 5 heteroatoms. The van der Waals surface area contributed by atoms with Gasteiger partial charge in [0.2, 0.25) is 5.91 Å². The number of Topliss-reactive ketones (excluding diaryl/α,β-unsaturated/α-hetero) is 1. The first-order valence-electron chi connectivity index (χ1n) is 11.3. The predicted molar refractivity (Wildman–Crippen MR) is 127 cm³/mol. The molecule has 0 saturated carbocycles. The zero-order valence-electron chi connectivity index (χ0n) is 18.4. The highest BCUT2D eigenvalue weighted by Crippen LogP contribution is 2.47. The summed E-state index contributed by atoms with van der Waals surface area (Å²) in [6.45, 7) is 1.81. The number of hydrogen-bond acceptors (Lipinski definition) is 3. The molecule has 2 unspecified atom stereocenters. The molecule has 0 bridgehead atoms. The van der Waals surface area contributed by atoms with Crippen LogP contribution in [0, 0.1) is 5.82 Å². The van der Waals surface area contributed by atoms with Gasteiger partial charge in [-0.05, 0) is 47.7 Å². The van der Waals surface area contributed by atoms with E-state index in [4.69, 9.17) is 0 Å². The highest BCUT2D eigenvalue weighted by molar-refractivity contribution is 6.06. The number of allylic oxidation sites excluding steroid dienone is 1. The summed E-state index contributed by atoms with van der Waals surface area (Å²) in [6, 6.07) is 23.2. The summed E-state index contributed by atoms with van der Waals surface area (Å²) >= 11 is 0. The third-order valence-corrected chi connectivity index (χ3v) is 6.52. The van der Waals surface area contributed by atoms with Crippen LogP contribution in [0.15, 0.2) is 90.1 Å². The van der Waals surface area contributed by atoms with E-state index in [-0.39, 0.29) is 29.8 Å². The van der Waals surface area contributed by atoms with Gasteiger partial charge < -0.3 is 5.32 Å². The molecule has 2 aliphatic rings. The van der Waals surface area contributed by atoms with Crippen LogP contribution in [0.25, 0.3) is 0 Å². The maximum absolute atomic E-state index is 13.8. The van der Waals surface area contributed by atoms with E-state index >= 15 is 0 Å². The van der Waals surface area contributed by atoms with Crippen molar-refractivity contribution in [3.8, 4) is 0 Å². The van der Waals surface area contributed by atoms with Crippen LogP contribution in [0.1, 0.15) is 49.3 Å². The number of carbonyl (C=O) groups excluding carboxylic acids is 2. The first-order valence-corrected chi connectivity index (χ1v) is 11.3. The van der Waals surface area contributed by atoms with Crippen molar-refractivity contribution in [3.05, 3.63) is 107 Å². The molecule has 0 saturated heterocycles. The van der Waals surface area contributed by atoms with E-state index in [9.17, 15) is 14.0 Å². The maximum Gasteiger partial charge on any atom is 0.227 e. The number of rotatable bonds is 3. The molecule has 33 heavy (non-hydrogen) atoms. The molecule has 2 atom stereocenters. The Hall–Kier alpha value is -3.73. The van der Waals surface area contributed by atoms with Gasteiger partial charge in [0.15, 0.2) is 5.78 Å². The second kappa shape index (κ2) is 8.66. The van der Waals surface area contributed by atoms with Crippen LogP contribution in [-0.4, -0.2) is 11.7 Å². The quantitative estimate of drug-likeness (QED) is 0.532. The lowest BCUT2D eigenvalue weighted by molar-refractivity contribution is -0.119. The van der Waals surface area contributed by atoms with Gasteiger partial charge in [-0.1, -0.05) is 61.5 Å². The smallest absolute Gasteiger partial charge is 0.227 e. The van der Waals surface area contributed by atoms with Crippen molar-refractivity contribution in [3.63, 3.8) is 0 Å². The molecule has 3 aromatic rings. The van der Waals surface area contributed by atoms with E-state index in [1.807, 2.05) is 49.4 Å². The van der Waals surface area contributed by atoms with Gasteiger partial charge in [0, 0.05) is 24.1 Å². The summed E-state index contributed by atoms with van der Waals surface area (Å²) in [4.78, 5) is 28.7. The lowest BCUT2D eigenvalue weighted by Crippen LogP contribution is -2.38. The van der Waals surface area contributed by atoms with E-state index in [0.717, 1.165) is 28.2 Å². The maximum atomic E-state index is 13.8. The molecule has 1 N–H and O–H groups in total. The van der Waals surface area contributed by atoms with Crippen LogP contribution in [-0.2, 0) is 9.59 Å². The van der Waals surface area contributed by atoms with Crippen LogP contribution in [0.2, 0.25) is 0 Å². The summed E-state index contributed by atoms with van der Waals surface area (Å²) in [5.41, 5.74) is 4.77. The highest BCUT2D eigenvalue weighted by Gasteiger charge is 2.41. The fourth-order valence-electron chi connectivity index (χ4n) is 4.96. The van der Waals surface area contributed by atoms with E-state index in [0.29, 0.717) is 18.4 Å². The molecule has 0 radical (unpaired) electrons. The van der Waals surface area contributed by atoms with Gasteiger partial charge in [-0.15, -0.1) is 0 Å². The minimum absolute atomic E-state index is 0.00800. The number of amides is 1. The fourth-order valence-corrected chi connectivity index (χ4v) is 4.96. The lowest BCUT2D eigenvalue weighted by atomic mass is 9.78. The molecular formula is C28H25FN2O2. The molecule has 0 aromatic heterocycles. The Morgan fingerprint density at radius 2 is 1.64 bits per heavy atom. The van der Waals surface area contributed by atoms with Gasteiger partial charge in [0.25, 0.3) is 0 Å². The molecule has 5 rings (SSSR count). The molecule has 1 amide bonds. The second-order valence-electron chi connectivity index (χ2n) is 8.54. The van der Waals surface area contributed by atoms with Crippen LogP contribution in [0.4, 0.5) is 15.8 Å². The lowest BCUT2D eigenvalue weighted by Gasteiger charge is -2.35. The normalized spacial score (nSPS) is 19.9. The second-order valence-corrected chi connectivity index (χ2v) is 8.54. The number of carbonyl (C=O) groups is 2. The van der Waals surface area contributed by atoms with Gasteiger partial charge in [-0.3, -0.25) is 14.5 Å². The van der Waals surface area contributed by atoms with Crippen molar-refractivity contribution in [2.45, 2.75) is 38.1 Å². The molecule has 3 aromatic carbocycles. The number of benzene rings is 3. The third-order valence-electron chi connectivity index (χ3n) is 6.52. The topological polar surface area (TPSA) is 49.4 Å². The Morgan fingerprint density at radius 1 is 0.939 bits per heavy atom.